The van der Waals surface area contributed by atoms with Crippen LogP contribution in [0.5, 0.6) is 0 Å². The molecule has 2 fully saturated rings. The van der Waals surface area contributed by atoms with Gasteiger partial charge < -0.3 is 5.32 Å². The summed E-state index contributed by atoms with van der Waals surface area (Å²) < 4.78 is 0. The number of likely N-dealkylation sites (N-methyl/N-ethyl adjacent to an activating group) is 1. The van der Waals surface area contributed by atoms with E-state index in [1.807, 2.05) is 0 Å². The monoisotopic (exact) mass is 280 g/mol. The van der Waals surface area contributed by atoms with Crippen molar-refractivity contribution in [1.29, 1.82) is 0 Å². The first-order valence-electron chi connectivity index (χ1n) is 8.93. The van der Waals surface area contributed by atoms with E-state index in [1.165, 1.54) is 64.3 Å². The lowest BCUT2D eigenvalue weighted by atomic mass is 9.75. The number of nitrogens with one attached hydrogen (secondary N) is 1. The molecule has 0 aromatic carbocycles. The molecule has 0 aliphatic heterocycles. The number of hydrogen-bond donors (Lipinski definition) is 1. The fourth-order valence-corrected chi connectivity index (χ4v) is 3.94. The van der Waals surface area contributed by atoms with Crippen molar-refractivity contribution in [2.75, 3.05) is 13.6 Å². The van der Waals surface area contributed by atoms with Crippen molar-refractivity contribution in [1.82, 2.24) is 10.2 Å². The maximum absolute atomic E-state index is 3.82. The van der Waals surface area contributed by atoms with E-state index in [0.29, 0.717) is 11.5 Å². The molecule has 0 bridgehead atoms. The second-order valence-electron chi connectivity index (χ2n) is 8.15. The van der Waals surface area contributed by atoms with Gasteiger partial charge in [-0.25, -0.2) is 0 Å². The minimum atomic E-state index is 0.584. The van der Waals surface area contributed by atoms with E-state index < -0.39 is 0 Å². The van der Waals surface area contributed by atoms with Crippen LogP contribution in [0.4, 0.5) is 0 Å². The van der Waals surface area contributed by atoms with E-state index in [1.54, 1.807) is 0 Å². The molecule has 2 saturated carbocycles. The summed E-state index contributed by atoms with van der Waals surface area (Å²) >= 11 is 0. The standard InChI is InChI=1S/C18H36N2/c1-15(14-19-16-8-6-5-7-9-16)20(4)17-10-12-18(2,3)13-11-17/h15-17,19H,5-14H2,1-4H3. The van der Waals surface area contributed by atoms with Gasteiger partial charge in [-0.1, -0.05) is 33.1 Å². The Kier molecular flexibility index (Phi) is 5.92. The minimum Gasteiger partial charge on any atom is -0.312 e. The van der Waals surface area contributed by atoms with Crippen molar-refractivity contribution in [3.8, 4) is 0 Å². The fraction of sp³-hybridized carbons (Fsp3) is 1.00. The number of nitrogens with zero attached hydrogens (tertiary/aromatic N) is 1. The Morgan fingerprint density at radius 3 is 2.25 bits per heavy atom. The average molecular weight is 281 g/mol. The van der Waals surface area contributed by atoms with Crippen molar-refractivity contribution >= 4 is 0 Å². The summed E-state index contributed by atoms with van der Waals surface area (Å²) in [7, 11) is 2.34. The van der Waals surface area contributed by atoms with Crippen LogP contribution in [0.15, 0.2) is 0 Å². The summed E-state index contributed by atoms with van der Waals surface area (Å²) in [5.74, 6) is 0. The molecule has 0 saturated heterocycles. The highest BCUT2D eigenvalue weighted by Gasteiger charge is 2.30. The van der Waals surface area contributed by atoms with Gasteiger partial charge in [-0.2, -0.15) is 0 Å². The molecule has 1 unspecified atom stereocenters. The molecule has 0 aromatic rings. The van der Waals surface area contributed by atoms with Gasteiger partial charge in [-0.05, 0) is 57.9 Å². The van der Waals surface area contributed by atoms with Crippen LogP contribution in [0.1, 0.15) is 78.6 Å². The Labute approximate surface area is 126 Å². The SMILES string of the molecule is CC(CNC1CCCCC1)N(C)C1CCC(C)(C)CC1. The quantitative estimate of drug-likeness (QED) is 0.812. The maximum Gasteiger partial charge on any atom is 0.0192 e. The Balaban J connectivity index is 1.70. The van der Waals surface area contributed by atoms with Gasteiger partial charge in [-0.3, -0.25) is 4.90 Å². The number of hydrogen-bond acceptors (Lipinski definition) is 2. The van der Waals surface area contributed by atoms with Crippen LogP contribution in [0, 0.1) is 5.41 Å². The fourth-order valence-electron chi connectivity index (χ4n) is 3.94. The molecule has 1 N–H and O–H groups in total. The van der Waals surface area contributed by atoms with Gasteiger partial charge >= 0.3 is 0 Å². The van der Waals surface area contributed by atoms with E-state index >= 15 is 0 Å². The second kappa shape index (κ2) is 7.26. The molecule has 1 atom stereocenters. The maximum atomic E-state index is 3.82. The topological polar surface area (TPSA) is 15.3 Å². The molecule has 2 nitrogen and oxygen atoms in total. The Bertz CT molecular complexity index is 271. The van der Waals surface area contributed by atoms with Crippen molar-refractivity contribution in [2.45, 2.75) is 96.7 Å². The smallest absolute Gasteiger partial charge is 0.0192 e. The second-order valence-corrected chi connectivity index (χ2v) is 8.15. The zero-order chi connectivity index (χ0) is 14.6. The van der Waals surface area contributed by atoms with Gasteiger partial charge in [0, 0.05) is 24.7 Å². The van der Waals surface area contributed by atoms with Crippen LogP contribution in [0.3, 0.4) is 0 Å². The summed E-state index contributed by atoms with van der Waals surface area (Å²) in [6.07, 6.45) is 12.7. The van der Waals surface area contributed by atoms with Gasteiger partial charge in [0.1, 0.15) is 0 Å². The van der Waals surface area contributed by atoms with E-state index in [2.05, 4.69) is 38.0 Å². The first-order valence-corrected chi connectivity index (χ1v) is 8.93. The molecule has 20 heavy (non-hydrogen) atoms. The summed E-state index contributed by atoms with van der Waals surface area (Å²) in [6.45, 7) is 8.42. The largest absolute Gasteiger partial charge is 0.312 e. The van der Waals surface area contributed by atoms with Crippen LogP contribution in [-0.2, 0) is 0 Å². The summed E-state index contributed by atoms with van der Waals surface area (Å²) in [5, 5.41) is 3.82. The van der Waals surface area contributed by atoms with Crippen LogP contribution >= 0.6 is 0 Å². The van der Waals surface area contributed by atoms with Crippen molar-refractivity contribution in [3.63, 3.8) is 0 Å². The minimum absolute atomic E-state index is 0.584. The number of rotatable bonds is 5. The third-order valence-electron chi connectivity index (χ3n) is 5.89. The van der Waals surface area contributed by atoms with Gasteiger partial charge in [0.2, 0.25) is 0 Å². The average Bonchev–Trinajstić information content (AvgIpc) is 2.45. The van der Waals surface area contributed by atoms with Gasteiger partial charge in [0.25, 0.3) is 0 Å². The molecule has 0 amide bonds. The van der Waals surface area contributed by atoms with Crippen LogP contribution in [0.25, 0.3) is 0 Å². The highest BCUT2D eigenvalue weighted by atomic mass is 15.2. The van der Waals surface area contributed by atoms with Crippen LogP contribution < -0.4 is 5.32 Å². The molecule has 0 aromatic heterocycles. The molecule has 0 radical (unpaired) electrons. The zero-order valence-electron chi connectivity index (χ0n) is 14.3. The molecular weight excluding hydrogens is 244 g/mol. The summed E-state index contributed by atoms with van der Waals surface area (Å²) in [4.78, 5) is 2.64. The van der Waals surface area contributed by atoms with Crippen molar-refractivity contribution in [2.24, 2.45) is 5.41 Å². The third kappa shape index (κ3) is 4.73. The molecule has 2 aliphatic carbocycles. The lowest BCUT2D eigenvalue weighted by Gasteiger charge is -2.41. The molecule has 118 valence electrons. The third-order valence-corrected chi connectivity index (χ3v) is 5.89. The zero-order valence-corrected chi connectivity index (χ0v) is 14.3. The van der Waals surface area contributed by atoms with Crippen molar-refractivity contribution in [3.05, 3.63) is 0 Å². The molecule has 2 rings (SSSR count). The van der Waals surface area contributed by atoms with Gasteiger partial charge in [0.05, 0.1) is 0 Å². The molecule has 0 spiro atoms. The van der Waals surface area contributed by atoms with E-state index in [4.69, 9.17) is 0 Å². The summed E-state index contributed by atoms with van der Waals surface area (Å²) in [5.41, 5.74) is 0.584. The molecule has 2 aliphatic rings. The first kappa shape index (κ1) is 16.3. The first-order chi connectivity index (χ1) is 9.48. The molecular formula is C18H36N2. The van der Waals surface area contributed by atoms with Gasteiger partial charge in [0.15, 0.2) is 0 Å². The lowest BCUT2D eigenvalue weighted by Crippen LogP contribution is -2.47. The highest BCUT2D eigenvalue weighted by molar-refractivity contribution is 4.85. The van der Waals surface area contributed by atoms with Gasteiger partial charge in [-0.15, -0.1) is 0 Å². The van der Waals surface area contributed by atoms with E-state index in [-0.39, 0.29) is 0 Å². The van der Waals surface area contributed by atoms with E-state index in [9.17, 15) is 0 Å². The predicted molar refractivity (Wildman–Crippen MR) is 88.1 cm³/mol. The van der Waals surface area contributed by atoms with Crippen LogP contribution in [0.2, 0.25) is 0 Å². The predicted octanol–water partition coefficient (Wildman–Crippen LogP) is 4.20. The highest BCUT2D eigenvalue weighted by Crippen LogP contribution is 2.36. The lowest BCUT2D eigenvalue weighted by molar-refractivity contribution is 0.0978. The van der Waals surface area contributed by atoms with Crippen molar-refractivity contribution < 1.29 is 0 Å². The Morgan fingerprint density at radius 1 is 1.05 bits per heavy atom. The van der Waals surface area contributed by atoms with Crippen LogP contribution in [-0.4, -0.2) is 36.6 Å². The molecule has 2 heteroatoms. The Hall–Kier alpha value is -0.0800. The summed E-state index contributed by atoms with van der Waals surface area (Å²) in [6, 6.07) is 2.28. The molecule has 0 heterocycles. The Morgan fingerprint density at radius 2 is 1.65 bits per heavy atom. The van der Waals surface area contributed by atoms with E-state index in [0.717, 1.165) is 12.1 Å². The normalized spacial score (nSPS) is 26.9.